The van der Waals surface area contributed by atoms with E-state index in [1.54, 1.807) is 0 Å². The summed E-state index contributed by atoms with van der Waals surface area (Å²) in [4.78, 5) is 16.5. The lowest BCUT2D eigenvalue weighted by atomic mass is 9.95. The minimum atomic E-state index is -0.291. The van der Waals surface area contributed by atoms with Gasteiger partial charge in [0.15, 0.2) is 0 Å². The Morgan fingerprint density at radius 3 is 2.42 bits per heavy atom. The lowest BCUT2D eigenvalue weighted by molar-refractivity contribution is -0.125. The molecule has 0 fully saturated rings. The summed E-state index contributed by atoms with van der Waals surface area (Å²) in [5, 5.41) is 6.19. The molecule has 2 unspecified atom stereocenters. The van der Waals surface area contributed by atoms with Gasteiger partial charge in [-0.25, -0.2) is 4.98 Å². The van der Waals surface area contributed by atoms with E-state index in [9.17, 15) is 4.79 Å². The molecule has 0 aliphatic carbocycles. The zero-order valence-corrected chi connectivity index (χ0v) is 16.8. The molecular weight excluding hydrogens is 371 g/mol. The molecule has 4 N–H and O–H groups in total. The molecule has 1 aromatic heterocycles. The van der Waals surface area contributed by atoms with Crippen LogP contribution in [0.3, 0.4) is 0 Å². The molecule has 0 saturated carbocycles. The van der Waals surface area contributed by atoms with Gasteiger partial charge in [-0.3, -0.25) is 4.79 Å². The van der Waals surface area contributed by atoms with Crippen molar-refractivity contribution < 1.29 is 4.79 Å². The third kappa shape index (κ3) is 7.60. The average Bonchev–Trinajstić information content (AvgIpc) is 2.62. The topological polar surface area (TPSA) is 80.0 Å². The first-order valence-corrected chi connectivity index (χ1v) is 8.32. The maximum atomic E-state index is 12.2. The van der Waals surface area contributed by atoms with Crippen molar-refractivity contribution in [1.29, 1.82) is 0 Å². The molecule has 2 atom stereocenters. The van der Waals surface area contributed by atoms with E-state index in [2.05, 4.69) is 15.6 Å². The summed E-state index contributed by atoms with van der Waals surface area (Å²) in [5.41, 5.74) is 8.29. The number of carbonyl (C=O) groups excluding carboxylic acids is 1. The molecule has 0 bridgehead atoms. The molecule has 144 valence electrons. The molecule has 26 heavy (non-hydrogen) atoms. The predicted octanol–water partition coefficient (Wildman–Crippen LogP) is 3.49. The van der Waals surface area contributed by atoms with Crippen LogP contribution in [0.1, 0.15) is 30.5 Å². The van der Waals surface area contributed by atoms with Gasteiger partial charge in [-0.2, -0.15) is 0 Å². The summed E-state index contributed by atoms with van der Waals surface area (Å²) < 4.78 is 0. The Hall–Kier alpha value is -1.82. The van der Waals surface area contributed by atoms with Gasteiger partial charge in [0.25, 0.3) is 0 Å². The number of nitrogens with zero attached hydrogens (tertiary/aromatic N) is 1. The number of hydrogen-bond donors (Lipinski definition) is 3. The Kier molecular flexibility index (Phi) is 11.6. The van der Waals surface area contributed by atoms with E-state index < -0.39 is 0 Å². The Morgan fingerprint density at radius 1 is 1.12 bits per heavy atom. The molecule has 2 rings (SSSR count). The van der Waals surface area contributed by atoms with Crippen molar-refractivity contribution in [3.8, 4) is 0 Å². The maximum absolute atomic E-state index is 12.2. The van der Waals surface area contributed by atoms with Gasteiger partial charge in [0.2, 0.25) is 5.91 Å². The van der Waals surface area contributed by atoms with Gasteiger partial charge in [-0.05, 0) is 30.5 Å². The van der Waals surface area contributed by atoms with Crippen molar-refractivity contribution >= 4 is 36.5 Å². The van der Waals surface area contributed by atoms with Crippen LogP contribution in [0.15, 0.2) is 48.7 Å². The first-order valence-electron chi connectivity index (χ1n) is 8.32. The van der Waals surface area contributed by atoms with Crippen molar-refractivity contribution in [2.75, 3.05) is 18.4 Å². The number of nitrogens with two attached hydrogens (primary N) is 1. The van der Waals surface area contributed by atoms with Crippen molar-refractivity contribution in [2.45, 2.75) is 26.3 Å². The van der Waals surface area contributed by atoms with Crippen molar-refractivity contribution in [3.05, 3.63) is 59.8 Å². The first-order chi connectivity index (χ1) is 11.6. The molecule has 7 heteroatoms. The van der Waals surface area contributed by atoms with Gasteiger partial charge in [0.05, 0.1) is 5.92 Å². The molecule has 1 amide bonds. The van der Waals surface area contributed by atoms with Crippen LogP contribution in [-0.4, -0.2) is 24.0 Å². The summed E-state index contributed by atoms with van der Waals surface area (Å²) in [7, 11) is 0. The maximum Gasteiger partial charge on any atom is 0.224 e. The number of nitrogens with one attached hydrogen (secondary N) is 2. The molecular formula is C19H28Cl2N4O. The minimum Gasteiger partial charge on any atom is -0.370 e. The Morgan fingerprint density at radius 2 is 1.81 bits per heavy atom. The van der Waals surface area contributed by atoms with Crippen LogP contribution in [0.25, 0.3) is 0 Å². The number of hydrogen-bond acceptors (Lipinski definition) is 4. The van der Waals surface area contributed by atoms with E-state index in [0.717, 1.165) is 29.9 Å². The smallest absolute Gasteiger partial charge is 0.224 e. The highest BCUT2D eigenvalue weighted by molar-refractivity contribution is 5.85. The number of anilines is 1. The van der Waals surface area contributed by atoms with Crippen molar-refractivity contribution in [3.63, 3.8) is 0 Å². The molecule has 1 heterocycles. The third-order valence-electron chi connectivity index (χ3n) is 4.01. The van der Waals surface area contributed by atoms with Gasteiger partial charge in [0, 0.05) is 25.3 Å². The summed E-state index contributed by atoms with van der Waals surface area (Å²) in [5.74, 6) is 0.574. The normalized spacial score (nSPS) is 12.1. The second-order valence-corrected chi connectivity index (χ2v) is 6.02. The highest BCUT2D eigenvalue weighted by Gasteiger charge is 2.21. The molecule has 1 aromatic carbocycles. The fourth-order valence-corrected chi connectivity index (χ4v) is 2.38. The van der Waals surface area contributed by atoms with Gasteiger partial charge in [-0.15, -0.1) is 24.8 Å². The number of carbonyl (C=O) groups is 1. The second kappa shape index (κ2) is 12.5. The third-order valence-corrected chi connectivity index (χ3v) is 4.01. The van der Waals surface area contributed by atoms with Gasteiger partial charge in [-0.1, -0.05) is 43.3 Å². The van der Waals surface area contributed by atoms with E-state index in [1.807, 2.05) is 62.5 Å². The van der Waals surface area contributed by atoms with Crippen LogP contribution in [0, 0.1) is 12.8 Å². The number of pyridine rings is 1. The molecule has 0 aliphatic rings. The summed E-state index contributed by atoms with van der Waals surface area (Å²) >= 11 is 0. The van der Waals surface area contributed by atoms with E-state index in [1.165, 1.54) is 0 Å². The van der Waals surface area contributed by atoms with Crippen LogP contribution >= 0.6 is 24.8 Å². The molecule has 0 saturated heterocycles. The van der Waals surface area contributed by atoms with Crippen LogP contribution in [-0.2, 0) is 4.79 Å². The minimum absolute atomic E-state index is 0. The highest BCUT2D eigenvalue weighted by Crippen LogP contribution is 2.18. The first kappa shape index (κ1) is 24.2. The van der Waals surface area contributed by atoms with Gasteiger partial charge in [0.1, 0.15) is 5.82 Å². The fourth-order valence-electron chi connectivity index (χ4n) is 2.38. The standard InChI is InChI=1S/C19H26N4O.2ClH/c1-14-9-10-17(23-13-14)21-11-6-12-22-19(24)15(2)18(20)16-7-4-3-5-8-16;;/h3-5,7-10,13,15,18H,6,11-12,20H2,1-2H3,(H,21,23)(H,22,24);2*1H. The van der Waals surface area contributed by atoms with Crippen LogP contribution in [0.5, 0.6) is 0 Å². The summed E-state index contributed by atoms with van der Waals surface area (Å²) in [6.45, 7) is 5.24. The Balaban J connectivity index is 0.00000312. The summed E-state index contributed by atoms with van der Waals surface area (Å²) in [6.07, 6.45) is 2.66. The molecule has 0 spiro atoms. The quantitative estimate of drug-likeness (QED) is 0.594. The van der Waals surface area contributed by atoms with Crippen molar-refractivity contribution in [2.24, 2.45) is 11.7 Å². The van der Waals surface area contributed by atoms with E-state index in [-0.39, 0.29) is 42.7 Å². The number of halogens is 2. The zero-order valence-electron chi connectivity index (χ0n) is 15.1. The molecule has 5 nitrogen and oxygen atoms in total. The predicted molar refractivity (Wildman–Crippen MR) is 112 cm³/mol. The largest absolute Gasteiger partial charge is 0.370 e. The molecule has 0 aliphatic heterocycles. The number of aryl methyl sites for hydroxylation is 1. The van der Waals surface area contributed by atoms with Gasteiger partial charge >= 0.3 is 0 Å². The Bertz CT molecular complexity index is 638. The van der Waals surface area contributed by atoms with Crippen LogP contribution in [0.4, 0.5) is 5.82 Å². The van der Waals surface area contributed by atoms with Crippen LogP contribution in [0.2, 0.25) is 0 Å². The number of rotatable bonds is 8. The molecule has 2 aromatic rings. The monoisotopic (exact) mass is 398 g/mol. The fraction of sp³-hybridized carbons (Fsp3) is 0.368. The Labute approximate surface area is 168 Å². The number of benzene rings is 1. The van der Waals surface area contributed by atoms with E-state index in [4.69, 9.17) is 5.73 Å². The number of aromatic nitrogens is 1. The second-order valence-electron chi connectivity index (χ2n) is 6.02. The highest BCUT2D eigenvalue weighted by atomic mass is 35.5. The summed E-state index contributed by atoms with van der Waals surface area (Å²) in [6, 6.07) is 13.4. The van der Waals surface area contributed by atoms with E-state index in [0.29, 0.717) is 6.54 Å². The van der Waals surface area contributed by atoms with Gasteiger partial charge < -0.3 is 16.4 Å². The zero-order chi connectivity index (χ0) is 17.4. The lowest BCUT2D eigenvalue weighted by Gasteiger charge is -2.19. The van der Waals surface area contributed by atoms with E-state index >= 15 is 0 Å². The number of amides is 1. The molecule has 0 radical (unpaired) electrons. The van der Waals surface area contributed by atoms with Crippen LogP contribution < -0.4 is 16.4 Å². The average molecular weight is 399 g/mol. The van der Waals surface area contributed by atoms with Crippen molar-refractivity contribution in [1.82, 2.24) is 10.3 Å². The SMILES string of the molecule is Cc1ccc(NCCCNC(=O)C(C)C(N)c2ccccc2)nc1.Cl.Cl. The lowest BCUT2D eigenvalue weighted by Crippen LogP contribution is -2.36.